The zero-order chi connectivity index (χ0) is 27.9. The minimum Gasteiger partial charge on any atom is -0.493 e. The fourth-order valence-electron chi connectivity index (χ4n) is 5.86. The lowest BCUT2D eigenvalue weighted by atomic mass is 9.81. The van der Waals surface area contributed by atoms with Crippen molar-refractivity contribution < 1.29 is 27.3 Å². The quantitative estimate of drug-likeness (QED) is 0.497. The number of aromatic amines is 1. The number of rotatable bonds is 6. The molecule has 3 aliphatic rings. The SMILES string of the molecule is Cc1cc(-n2c(O)c[nH]c2=O)ccc1CCS(=O)N1CCC2(CC1)N=C(C1CCC(C(F)(F)F)CC1)NC2=O. The number of amides is 1. The first-order valence-corrected chi connectivity index (χ1v) is 14.4. The van der Waals surface area contributed by atoms with Crippen LogP contribution >= 0.6 is 0 Å². The fourth-order valence-corrected chi connectivity index (χ4v) is 7.11. The summed E-state index contributed by atoms with van der Waals surface area (Å²) in [6.07, 6.45) is -0.748. The van der Waals surface area contributed by atoms with Crippen LogP contribution in [0.5, 0.6) is 5.88 Å². The first-order chi connectivity index (χ1) is 18.5. The zero-order valence-electron chi connectivity index (χ0n) is 21.6. The molecule has 2 aliphatic heterocycles. The largest absolute Gasteiger partial charge is 0.493 e. The van der Waals surface area contributed by atoms with Gasteiger partial charge in [0.05, 0.1) is 28.8 Å². The number of hydrogen-bond donors (Lipinski definition) is 3. The summed E-state index contributed by atoms with van der Waals surface area (Å²) in [5.41, 5.74) is 1.05. The van der Waals surface area contributed by atoms with Crippen molar-refractivity contribution in [1.29, 1.82) is 0 Å². The van der Waals surface area contributed by atoms with E-state index in [2.05, 4.69) is 10.3 Å². The third kappa shape index (κ3) is 5.56. The van der Waals surface area contributed by atoms with Gasteiger partial charge >= 0.3 is 11.9 Å². The van der Waals surface area contributed by atoms with Crippen LogP contribution < -0.4 is 11.0 Å². The summed E-state index contributed by atoms with van der Waals surface area (Å²) < 4.78 is 55.1. The van der Waals surface area contributed by atoms with Crippen molar-refractivity contribution in [2.45, 2.75) is 63.6 Å². The summed E-state index contributed by atoms with van der Waals surface area (Å²) in [5.74, 6) is -0.914. The Morgan fingerprint density at radius 2 is 1.85 bits per heavy atom. The Kier molecular flexibility index (Phi) is 7.49. The van der Waals surface area contributed by atoms with Crippen LogP contribution in [0.1, 0.15) is 49.7 Å². The second kappa shape index (κ2) is 10.6. The molecule has 1 spiro atoms. The summed E-state index contributed by atoms with van der Waals surface area (Å²) >= 11 is 0. The maximum Gasteiger partial charge on any atom is 0.391 e. The van der Waals surface area contributed by atoms with Gasteiger partial charge in [0, 0.05) is 24.8 Å². The lowest BCUT2D eigenvalue weighted by Crippen LogP contribution is -2.49. The summed E-state index contributed by atoms with van der Waals surface area (Å²) in [4.78, 5) is 31.9. The van der Waals surface area contributed by atoms with Crippen LogP contribution in [-0.4, -0.2) is 65.5 Å². The minimum atomic E-state index is -4.18. The van der Waals surface area contributed by atoms with Gasteiger partial charge in [-0.25, -0.2) is 17.9 Å². The molecule has 2 aromatic rings. The summed E-state index contributed by atoms with van der Waals surface area (Å²) in [5, 5.41) is 12.7. The minimum absolute atomic E-state index is 0.0537. The molecule has 3 heterocycles. The molecule has 13 heteroatoms. The smallest absolute Gasteiger partial charge is 0.391 e. The van der Waals surface area contributed by atoms with E-state index in [1.807, 2.05) is 17.3 Å². The Labute approximate surface area is 226 Å². The summed E-state index contributed by atoms with van der Waals surface area (Å²) in [6.45, 7) is 2.77. The van der Waals surface area contributed by atoms with Crippen LogP contribution in [0.25, 0.3) is 5.69 Å². The third-order valence-corrected chi connectivity index (χ3v) is 9.79. The van der Waals surface area contributed by atoms with Gasteiger partial charge in [0.1, 0.15) is 11.4 Å². The molecular formula is C26H32F3N5O4S. The van der Waals surface area contributed by atoms with Crippen LogP contribution in [0, 0.1) is 18.8 Å². The second-order valence-electron chi connectivity index (χ2n) is 10.7. The predicted molar refractivity (Wildman–Crippen MR) is 140 cm³/mol. The van der Waals surface area contributed by atoms with E-state index < -0.39 is 34.3 Å². The molecule has 1 aliphatic carbocycles. The Balaban J connectivity index is 1.15. The molecule has 39 heavy (non-hydrogen) atoms. The third-order valence-electron chi connectivity index (χ3n) is 8.30. The number of aromatic hydroxyl groups is 1. The summed E-state index contributed by atoms with van der Waals surface area (Å²) in [7, 11) is -1.26. The van der Waals surface area contributed by atoms with Crippen molar-refractivity contribution in [3.8, 4) is 11.6 Å². The van der Waals surface area contributed by atoms with E-state index in [1.165, 1.54) is 10.8 Å². The van der Waals surface area contributed by atoms with E-state index in [0.29, 0.717) is 62.5 Å². The van der Waals surface area contributed by atoms with E-state index in [9.17, 15) is 32.1 Å². The van der Waals surface area contributed by atoms with Gasteiger partial charge in [0.15, 0.2) is 0 Å². The number of imidazole rings is 1. The highest BCUT2D eigenvalue weighted by molar-refractivity contribution is 7.82. The lowest BCUT2D eigenvalue weighted by molar-refractivity contribution is -0.182. The maximum absolute atomic E-state index is 13.1. The molecule has 1 atom stereocenters. The number of benzene rings is 1. The average molecular weight is 568 g/mol. The van der Waals surface area contributed by atoms with Gasteiger partial charge in [-0.1, -0.05) is 6.07 Å². The number of aliphatic imine (C=N–C) groups is 1. The van der Waals surface area contributed by atoms with E-state index in [-0.39, 0.29) is 30.5 Å². The highest BCUT2D eigenvalue weighted by atomic mass is 32.2. The normalized spacial score (nSPS) is 24.5. The fraction of sp³-hybridized carbons (Fsp3) is 0.577. The Hall–Kier alpha value is -2.93. The zero-order valence-corrected chi connectivity index (χ0v) is 22.4. The lowest BCUT2D eigenvalue weighted by Gasteiger charge is -2.34. The molecule has 1 unspecified atom stereocenters. The van der Waals surface area contributed by atoms with E-state index in [0.717, 1.165) is 11.1 Å². The molecule has 1 saturated carbocycles. The summed E-state index contributed by atoms with van der Waals surface area (Å²) in [6, 6.07) is 5.38. The Bertz CT molecular complexity index is 1350. The van der Waals surface area contributed by atoms with Gasteiger partial charge in [0.25, 0.3) is 5.91 Å². The second-order valence-corrected chi connectivity index (χ2v) is 12.2. The number of nitrogens with zero attached hydrogens (tertiary/aromatic N) is 3. The highest BCUT2D eigenvalue weighted by Crippen LogP contribution is 2.41. The van der Waals surface area contributed by atoms with Crippen molar-refractivity contribution in [2.75, 3.05) is 18.8 Å². The van der Waals surface area contributed by atoms with Crippen molar-refractivity contribution in [3.05, 3.63) is 46.0 Å². The molecule has 212 valence electrons. The maximum atomic E-state index is 13.1. The van der Waals surface area contributed by atoms with E-state index in [4.69, 9.17) is 4.99 Å². The number of carbonyl (C=O) groups is 1. The van der Waals surface area contributed by atoms with Gasteiger partial charge < -0.3 is 15.4 Å². The van der Waals surface area contributed by atoms with Crippen LogP contribution in [0.2, 0.25) is 0 Å². The number of nitrogens with one attached hydrogen (secondary N) is 2. The van der Waals surface area contributed by atoms with Crippen LogP contribution in [-0.2, 0) is 22.2 Å². The first kappa shape index (κ1) is 27.6. The number of hydrogen-bond acceptors (Lipinski definition) is 5. The number of alkyl halides is 3. The molecule has 2 fully saturated rings. The van der Waals surface area contributed by atoms with Gasteiger partial charge in [-0.3, -0.25) is 9.79 Å². The van der Waals surface area contributed by atoms with Gasteiger partial charge in [0.2, 0.25) is 5.88 Å². The molecule has 0 bridgehead atoms. The highest BCUT2D eigenvalue weighted by Gasteiger charge is 2.49. The molecule has 1 amide bonds. The number of piperidine rings is 1. The molecule has 1 saturated heterocycles. The number of halogens is 3. The van der Waals surface area contributed by atoms with Crippen molar-refractivity contribution in [3.63, 3.8) is 0 Å². The first-order valence-electron chi connectivity index (χ1n) is 13.2. The van der Waals surface area contributed by atoms with Gasteiger partial charge in [-0.15, -0.1) is 0 Å². The van der Waals surface area contributed by atoms with Crippen LogP contribution in [0.15, 0.2) is 34.2 Å². The van der Waals surface area contributed by atoms with E-state index >= 15 is 0 Å². The topological polar surface area (TPSA) is 120 Å². The number of H-pyrrole nitrogens is 1. The number of amidine groups is 1. The number of aryl methyl sites for hydroxylation is 2. The van der Waals surface area contributed by atoms with Crippen LogP contribution in [0.3, 0.4) is 0 Å². The molecule has 9 nitrogen and oxygen atoms in total. The number of carbonyl (C=O) groups excluding carboxylic acids is 1. The molecule has 0 radical (unpaired) electrons. The van der Waals surface area contributed by atoms with Gasteiger partial charge in [-0.05, 0) is 75.1 Å². The molecule has 5 rings (SSSR count). The molecule has 3 N–H and O–H groups in total. The molecule has 1 aromatic carbocycles. The monoisotopic (exact) mass is 567 g/mol. The van der Waals surface area contributed by atoms with E-state index in [1.54, 1.807) is 12.1 Å². The predicted octanol–water partition coefficient (Wildman–Crippen LogP) is 3.12. The molecular weight excluding hydrogens is 535 g/mol. The van der Waals surface area contributed by atoms with Crippen LogP contribution in [0.4, 0.5) is 13.2 Å². The number of aromatic nitrogens is 2. The van der Waals surface area contributed by atoms with Gasteiger partial charge in [-0.2, -0.15) is 13.2 Å². The van der Waals surface area contributed by atoms with Crippen molar-refractivity contribution in [2.24, 2.45) is 16.8 Å². The van der Waals surface area contributed by atoms with Crippen molar-refractivity contribution >= 4 is 22.7 Å². The van der Waals surface area contributed by atoms with Crippen molar-refractivity contribution in [1.82, 2.24) is 19.2 Å². The standard InChI is InChI=1S/C26H32F3N5O4S/c1-16-14-20(34-21(35)15-30-24(34)37)7-4-17(16)8-13-39(38)33-11-9-25(10-12-33)23(36)31-22(32-25)18-2-5-19(6-3-18)26(27,28)29/h4,7,14-15,18-19,35H,2-3,5-6,8-13H2,1H3,(H,30,37)(H,31,32,36). The Morgan fingerprint density at radius 3 is 2.44 bits per heavy atom. The Morgan fingerprint density at radius 1 is 1.15 bits per heavy atom. The molecule has 1 aromatic heterocycles. The average Bonchev–Trinajstić information content (AvgIpc) is 3.41.